The maximum Gasteiger partial charge on any atom is 0.407 e. The summed E-state index contributed by atoms with van der Waals surface area (Å²) in [7, 11) is 0. The Morgan fingerprint density at radius 2 is 1.91 bits per heavy atom. The average molecular weight is 476 g/mol. The second-order valence-corrected chi connectivity index (χ2v) is 7.43. The fourth-order valence-electron chi connectivity index (χ4n) is 3.52. The van der Waals surface area contributed by atoms with Crippen molar-refractivity contribution in [3.63, 3.8) is 0 Å². The summed E-state index contributed by atoms with van der Waals surface area (Å²) in [6.45, 7) is 5.44. The van der Waals surface area contributed by atoms with Crippen LogP contribution in [0.4, 0.5) is 42.5 Å². The molecule has 33 heavy (non-hydrogen) atoms. The van der Waals surface area contributed by atoms with E-state index in [9.17, 15) is 31.1 Å². The molecule has 0 unspecified atom stereocenters. The minimum atomic E-state index is -4.92. The lowest BCUT2D eigenvalue weighted by Crippen LogP contribution is -2.41. The lowest BCUT2D eigenvalue weighted by molar-refractivity contribution is -0.136. The van der Waals surface area contributed by atoms with E-state index in [2.05, 4.69) is 15.0 Å². The summed E-state index contributed by atoms with van der Waals surface area (Å²) in [5.41, 5.74) is 2.77. The number of hydrogen-bond donors (Lipinski definition) is 1. The van der Waals surface area contributed by atoms with Crippen molar-refractivity contribution in [1.29, 1.82) is 0 Å². The first kappa shape index (κ1) is 24.1. The van der Waals surface area contributed by atoms with E-state index in [0.717, 1.165) is 12.1 Å². The van der Waals surface area contributed by atoms with Gasteiger partial charge in [0.25, 0.3) is 0 Å². The average Bonchev–Trinajstić information content (AvgIpc) is 3.20. The van der Waals surface area contributed by atoms with Crippen LogP contribution in [-0.2, 0) is 12.7 Å². The molecule has 1 fully saturated rings. The van der Waals surface area contributed by atoms with Crippen molar-refractivity contribution in [2.45, 2.75) is 37.7 Å². The van der Waals surface area contributed by atoms with Gasteiger partial charge in [0.1, 0.15) is 6.54 Å². The molecule has 1 aliphatic rings. The minimum absolute atomic E-state index is 0.144. The number of likely N-dealkylation sites (tertiary alicyclic amines) is 1. The van der Waals surface area contributed by atoms with Crippen LogP contribution in [0.3, 0.4) is 0 Å². The zero-order chi connectivity index (χ0) is 24.4. The number of hydrogen-bond acceptors (Lipinski definition) is 5. The predicted molar refractivity (Wildman–Crippen MR) is 102 cm³/mol. The molecule has 0 bridgehead atoms. The molecule has 1 aliphatic heterocycles. The fourth-order valence-corrected chi connectivity index (χ4v) is 3.52. The van der Waals surface area contributed by atoms with Gasteiger partial charge in [0.15, 0.2) is 11.5 Å². The number of primary amides is 1. The summed E-state index contributed by atoms with van der Waals surface area (Å²) in [6.07, 6.45) is -8.72. The number of nitrogens with zero attached hydrogens (tertiary/aromatic N) is 5. The van der Waals surface area contributed by atoms with Crippen LogP contribution in [0, 0.1) is 6.57 Å². The summed E-state index contributed by atoms with van der Waals surface area (Å²) in [5, 5.41) is 3.67. The molecule has 0 radical (unpaired) electrons. The Kier molecular flexibility index (Phi) is 6.71. The van der Waals surface area contributed by atoms with Gasteiger partial charge in [0.2, 0.25) is 5.89 Å². The second-order valence-electron chi connectivity index (χ2n) is 7.43. The smallest absolute Gasteiger partial charge is 0.355 e. The van der Waals surface area contributed by atoms with Crippen molar-refractivity contribution in [3.05, 3.63) is 46.9 Å². The first-order valence-electron chi connectivity index (χ1n) is 9.64. The number of nitrogens with two attached hydrogens (primary N) is 1. The minimum Gasteiger partial charge on any atom is -0.355 e. The van der Waals surface area contributed by atoms with E-state index < -0.39 is 48.4 Å². The normalized spacial score (nSPS) is 15.4. The summed E-state index contributed by atoms with van der Waals surface area (Å²) in [6, 6.07) is 1.77. The molecule has 3 rings (SSSR count). The van der Waals surface area contributed by atoms with Gasteiger partial charge in [-0.3, -0.25) is 0 Å². The number of piperidine rings is 1. The van der Waals surface area contributed by atoms with E-state index in [4.69, 9.17) is 16.8 Å². The molecule has 14 heteroatoms. The van der Waals surface area contributed by atoms with Crippen LogP contribution < -0.4 is 10.6 Å². The summed E-state index contributed by atoms with van der Waals surface area (Å²) in [4.78, 5) is 20.2. The molecule has 1 saturated heterocycles. The molecule has 0 atom stereocenters. The largest absolute Gasteiger partial charge is 0.407 e. The zero-order valence-corrected chi connectivity index (χ0v) is 16.9. The van der Waals surface area contributed by atoms with Crippen molar-refractivity contribution in [1.82, 2.24) is 15.0 Å². The van der Waals surface area contributed by atoms with Crippen molar-refractivity contribution >= 4 is 17.4 Å². The van der Waals surface area contributed by atoms with Gasteiger partial charge in [-0.15, -0.1) is 0 Å². The highest BCUT2D eigenvalue weighted by molar-refractivity contribution is 5.72. The Bertz CT molecular complexity index is 1040. The van der Waals surface area contributed by atoms with E-state index in [-0.39, 0.29) is 17.6 Å². The summed E-state index contributed by atoms with van der Waals surface area (Å²) < 4.78 is 84.4. The molecule has 0 saturated carbocycles. The second kappa shape index (κ2) is 9.16. The molecule has 0 aliphatic carbocycles. The van der Waals surface area contributed by atoms with Crippen LogP contribution in [0.2, 0.25) is 0 Å². The molecular weight excluding hydrogens is 458 g/mol. The number of carbonyl (C=O) groups is 1. The third kappa shape index (κ3) is 6.05. The van der Waals surface area contributed by atoms with Gasteiger partial charge in [0, 0.05) is 24.7 Å². The highest BCUT2D eigenvalue weighted by atomic mass is 19.4. The number of rotatable bonds is 5. The number of urea groups is 1. The summed E-state index contributed by atoms with van der Waals surface area (Å²) in [5.74, 6) is -0.206. The van der Waals surface area contributed by atoms with Crippen LogP contribution in [0.25, 0.3) is 4.85 Å². The molecule has 2 N–H and O–H groups in total. The van der Waals surface area contributed by atoms with Crippen LogP contribution in [0.1, 0.15) is 36.0 Å². The molecule has 178 valence electrons. The topological polar surface area (TPSA) is 92.9 Å². The summed E-state index contributed by atoms with van der Waals surface area (Å²) >= 11 is 0. The van der Waals surface area contributed by atoms with Crippen molar-refractivity contribution < 1.29 is 35.7 Å². The molecule has 1 aromatic heterocycles. The molecule has 8 nitrogen and oxygen atoms in total. The Balaban J connectivity index is 1.83. The SMILES string of the molecule is [C-]#[N+]c1ccc(N(Cc2noc(C3CCN(C(N)=O)CC3)n2)CC(F)(F)F)cc1C(F)(F)F. The molecule has 2 amide bonds. The number of alkyl halides is 6. The van der Waals surface area contributed by atoms with Gasteiger partial charge in [-0.2, -0.15) is 31.3 Å². The molecule has 2 heterocycles. The third-order valence-corrected chi connectivity index (χ3v) is 5.11. The Morgan fingerprint density at radius 1 is 1.24 bits per heavy atom. The van der Waals surface area contributed by atoms with E-state index in [1.165, 1.54) is 4.90 Å². The van der Waals surface area contributed by atoms with Crippen LogP contribution in [0.15, 0.2) is 22.7 Å². The highest BCUT2D eigenvalue weighted by Gasteiger charge is 2.36. The van der Waals surface area contributed by atoms with Gasteiger partial charge in [0.05, 0.1) is 18.7 Å². The van der Waals surface area contributed by atoms with Crippen molar-refractivity contribution in [2.75, 3.05) is 24.5 Å². The number of aromatic nitrogens is 2. The number of halogens is 6. The third-order valence-electron chi connectivity index (χ3n) is 5.11. The quantitative estimate of drug-likeness (QED) is 0.508. The molecular formula is C19H18F6N6O2. The van der Waals surface area contributed by atoms with E-state index in [0.29, 0.717) is 36.9 Å². The number of benzene rings is 1. The van der Waals surface area contributed by atoms with E-state index in [1.807, 2.05) is 0 Å². The Hall–Kier alpha value is -3.50. The first-order valence-corrected chi connectivity index (χ1v) is 9.64. The van der Waals surface area contributed by atoms with Crippen molar-refractivity contribution in [3.8, 4) is 0 Å². The lowest BCUT2D eigenvalue weighted by atomic mass is 9.97. The molecule has 1 aromatic carbocycles. The fraction of sp³-hybridized carbons (Fsp3) is 0.474. The number of anilines is 1. The monoisotopic (exact) mass is 476 g/mol. The van der Waals surface area contributed by atoms with E-state index >= 15 is 0 Å². The van der Waals surface area contributed by atoms with Crippen LogP contribution in [0.5, 0.6) is 0 Å². The van der Waals surface area contributed by atoms with Gasteiger partial charge in [-0.1, -0.05) is 11.2 Å². The Labute approximate surface area is 183 Å². The maximum atomic E-state index is 13.3. The molecule has 2 aromatic rings. The van der Waals surface area contributed by atoms with Crippen LogP contribution >= 0.6 is 0 Å². The standard InChI is InChI=1S/C19H18F6N6O2/c1-27-14-3-2-12(8-13(14)19(23,24)25)31(10-18(20,21)22)9-15-28-16(33-29-15)11-4-6-30(7-5-11)17(26)32/h2-3,8,11H,4-7,9-10H2,(H2,26,32). The van der Waals surface area contributed by atoms with Gasteiger partial charge in [-0.25, -0.2) is 9.64 Å². The van der Waals surface area contributed by atoms with Gasteiger partial charge in [-0.05, 0) is 25.0 Å². The van der Waals surface area contributed by atoms with Crippen LogP contribution in [-0.4, -0.2) is 46.9 Å². The van der Waals surface area contributed by atoms with Gasteiger partial charge < -0.3 is 20.1 Å². The first-order chi connectivity index (χ1) is 15.4. The number of amides is 2. The highest BCUT2D eigenvalue weighted by Crippen LogP contribution is 2.39. The predicted octanol–water partition coefficient (Wildman–Crippen LogP) is 4.47. The lowest BCUT2D eigenvalue weighted by Gasteiger charge is -2.28. The van der Waals surface area contributed by atoms with E-state index in [1.54, 1.807) is 0 Å². The molecule has 0 spiro atoms. The number of carbonyl (C=O) groups excluding carboxylic acids is 1. The van der Waals surface area contributed by atoms with Gasteiger partial charge >= 0.3 is 18.4 Å². The Morgan fingerprint density at radius 3 is 2.45 bits per heavy atom. The zero-order valence-electron chi connectivity index (χ0n) is 16.9. The van der Waals surface area contributed by atoms with Crippen molar-refractivity contribution in [2.24, 2.45) is 5.73 Å². The maximum absolute atomic E-state index is 13.3.